The molecule has 0 aliphatic carbocycles. The number of aromatic nitrogens is 1. The Hall–Kier alpha value is -3.18. The number of fused-ring (bicyclic) bond motifs is 3. The Morgan fingerprint density at radius 1 is 0.867 bits per heavy atom. The summed E-state index contributed by atoms with van der Waals surface area (Å²) in [4.78, 5) is 5.30. The molecular weight excluding hydrogens is 398 g/mol. The van der Waals surface area contributed by atoms with E-state index in [4.69, 9.17) is 0 Å². The largest absolute Gasteiger partial charge is 0.365 e. The highest BCUT2D eigenvalue weighted by Crippen LogP contribution is 2.34. The SMILES string of the molecule is Fc1cc2[nH]cc(N3CCc4cc(-c5ccc6sccc6c5)ccc4C3)c2cc1F. The second kappa shape index (κ2) is 6.67. The number of rotatable bonds is 2. The van der Waals surface area contributed by atoms with E-state index in [1.54, 1.807) is 11.3 Å². The number of anilines is 1. The standard InChI is InChI=1S/C25H18F2N2S/c26-21-11-20-23(12-22(21)27)28-13-24(20)29-7-5-17-9-15(1-2-19(17)14-29)16-3-4-25-18(10-16)6-8-30-25/h1-4,6,8-13,28H,5,7,14H2. The number of H-pyrrole nitrogens is 1. The molecule has 0 amide bonds. The van der Waals surface area contributed by atoms with Crippen molar-refractivity contribution in [1.82, 2.24) is 4.98 Å². The Kier molecular flexibility index (Phi) is 3.93. The van der Waals surface area contributed by atoms with Crippen LogP contribution in [0.3, 0.4) is 0 Å². The van der Waals surface area contributed by atoms with Crippen LogP contribution in [0, 0.1) is 11.6 Å². The lowest BCUT2D eigenvalue weighted by molar-refractivity contribution is 0.511. The highest BCUT2D eigenvalue weighted by molar-refractivity contribution is 7.17. The van der Waals surface area contributed by atoms with Crippen LogP contribution in [0.1, 0.15) is 11.1 Å². The van der Waals surface area contributed by atoms with Gasteiger partial charge in [0.2, 0.25) is 0 Å². The summed E-state index contributed by atoms with van der Waals surface area (Å²) in [6.45, 7) is 1.59. The first kappa shape index (κ1) is 17.7. The molecular formula is C25H18F2N2S. The van der Waals surface area contributed by atoms with Gasteiger partial charge in [0.15, 0.2) is 11.6 Å². The monoisotopic (exact) mass is 416 g/mol. The molecule has 0 unspecified atom stereocenters. The minimum Gasteiger partial charge on any atom is -0.365 e. The van der Waals surface area contributed by atoms with Crippen molar-refractivity contribution in [3.8, 4) is 11.1 Å². The van der Waals surface area contributed by atoms with E-state index < -0.39 is 11.6 Å². The third-order valence-electron chi connectivity index (χ3n) is 6.05. The van der Waals surface area contributed by atoms with E-state index in [9.17, 15) is 8.78 Å². The maximum absolute atomic E-state index is 13.8. The summed E-state index contributed by atoms with van der Waals surface area (Å²) in [5, 5.41) is 4.13. The van der Waals surface area contributed by atoms with Crippen molar-refractivity contribution >= 4 is 38.0 Å². The molecule has 0 bridgehead atoms. The van der Waals surface area contributed by atoms with Gasteiger partial charge in [-0.05, 0) is 63.7 Å². The van der Waals surface area contributed by atoms with Gasteiger partial charge >= 0.3 is 0 Å². The van der Waals surface area contributed by atoms with Crippen molar-refractivity contribution < 1.29 is 8.78 Å². The molecule has 0 saturated heterocycles. The average Bonchev–Trinajstić information content (AvgIpc) is 3.39. The van der Waals surface area contributed by atoms with Crippen LogP contribution >= 0.6 is 11.3 Å². The van der Waals surface area contributed by atoms with Crippen LogP contribution in [0.15, 0.2) is 66.2 Å². The molecule has 1 N–H and O–H groups in total. The van der Waals surface area contributed by atoms with Crippen molar-refractivity contribution in [2.24, 2.45) is 0 Å². The number of benzene rings is 3. The molecule has 1 aliphatic heterocycles. The normalized spacial score (nSPS) is 13.9. The van der Waals surface area contributed by atoms with E-state index in [-0.39, 0.29) is 0 Å². The molecule has 3 heterocycles. The van der Waals surface area contributed by atoms with Gasteiger partial charge in [0.1, 0.15) is 0 Å². The third-order valence-corrected chi connectivity index (χ3v) is 6.94. The summed E-state index contributed by atoms with van der Waals surface area (Å²) in [5.74, 6) is -1.64. The molecule has 5 heteroatoms. The topological polar surface area (TPSA) is 19.0 Å². The molecule has 148 valence electrons. The fraction of sp³-hybridized carbons (Fsp3) is 0.120. The highest BCUT2D eigenvalue weighted by Gasteiger charge is 2.20. The van der Waals surface area contributed by atoms with Crippen LogP contribution in [0.4, 0.5) is 14.5 Å². The van der Waals surface area contributed by atoms with Gasteiger partial charge in [-0.2, -0.15) is 0 Å². The van der Waals surface area contributed by atoms with Gasteiger partial charge < -0.3 is 9.88 Å². The zero-order valence-corrected chi connectivity index (χ0v) is 16.9. The van der Waals surface area contributed by atoms with Crippen LogP contribution < -0.4 is 4.90 Å². The van der Waals surface area contributed by atoms with E-state index >= 15 is 0 Å². The minimum atomic E-state index is -0.826. The van der Waals surface area contributed by atoms with Crippen molar-refractivity contribution in [2.75, 3.05) is 11.4 Å². The smallest absolute Gasteiger partial charge is 0.160 e. The van der Waals surface area contributed by atoms with Crippen molar-refractivity contribution in [2.45, 2.75) is 13.0 Å². The number of hydrogen-bond acceptors (Lipinski definition) is 2. The molecule has 30 heavy (non-hydrogen) atoms. The molecule has 1 aliphatic rings. The zero-order chi connectivity index (χ0) is 20.2. The molecule has 2 aromatic heterocycles. The van der Waals surface area contributed by atoms with Crippen molar-refractivity contribution in [3.05, 3.63) is 88.9 Å². The van der Waals surface area contributed by atoms with Crippen molar-refractivity contribution in [3.63, 3.8) is 0 Å². The summed E-state index contributed by atoms with van der Waals surface area (Å²) in [5.41, 5.74) is 6.64. The molecule has 3 aromatic carbocycles. The summed E-state index contributed by atoms with van der Waals surface area (Å²) < 4.78 is 28.6. The first-order valence-electron chi connectivity index (χ1n) is 9.96. The third kappa shape index (κ3) is 2.81. The van der Waals surface area contributed by atoms with Crippen LogP contribution in [-0.2, 0) is 13.0 Å². The quantitative estimate of drug-likeness (QED) is 0.332. The fourth-order valence-electron chi connectivity index (χ4n) is 4.45. The minimum absolute atomic E-state index is 0.619. The highest BCUT2D eigenvalue weighted by atomic mass is 32.1. The molecule has 0 radical (unpaired) electrons. The maximum Gasteiger partial charge on any atom is 0.160 e. The average molecular weight is 416 g/mol. The van der Waals surface area contributed by atoms with E-state index in [1.807, 2.05) is 6.20 Å². The molecule has 0 saturated carbocycles. The predicted octanol–water partition coefficient (Wildman–Crippen LogP) is 6.89. The number of thiophene rings is 1. The lowest BCUT2D eigenvalue weighted by Crippen LogP contribution is -2.30. The van der Waals surface area contributed by atoms with E-state index in [2.05, 4.69) is 57.7 Å². The number of halogens is 2. The lowest BCUT2D eigenvalue weighted by Gasteiger charge is -2.30. The molecule has 0 spiro atoms. The summed E-state index contributed by atoms with van der Waals surface area (Å²) in [7, 11) is 0. The Morgan fingerprint density at radius 3 is 2.63 bits per heavy atom. The fourth-order valence-corrected chi connectivity index (χ4v) is 5.22. The van der Waals surface area contributed by atoms with Gasteiger partial charge in [0.05, 0.1) is 11.2 Å². The molecule has 0 fully saturated rings. The van der Waals surface area contributed by atoms with Gasteiger partial charge in [-0.1, -0.05) is 24.3 Å². The number of hydrogen-bond donors (Lipinski definition) is 1. The van der Waals surface area contributed by atoms with Gasteiger partial charge in [-0.25, -0.2) is 8.78 Å². The number of nitrogens with one attached hydrogen (secondary N) is 1. The van der Waals surface area contributed by atoms with Gasteiger partial charge in [0, 0.05) is 35.4 Å². The number of aromatic amines is 1. The summed E-state index contributed by atoms with van der Waals surface area (Å²) >= 11 is 1.76. The summed E-state index contributed by atoms with van der Waals surface area (Å²) in [6.07, 6.45) is 2.76. The van der Waals surface area contributed by atoms with Crippen LogP contribution in [0.25, 0.3) is 32.1 Å². The second-order valence-electron chi connectivity index (χ2n) is 7.81. The summed E-state index contributed by atoms with van der Waals surface area (Å²) in [6, 6.07) is 18.0. The number of nitrogens with zero attached hydrogens (tertiary/aromatic N) is 1. The first-order valence-corrected chi connectivity index (χ1v) is 10.8. The van der Waals surface area contributed by atoms with E-state index in [1.165, 1.54) is 44.5 Å². The molecule has 6 rings (SSSR count). The maximum atomic E-state index is 13.8. The Labute approximate surface area is 176 Å². The predicted molar refractivity (Wildman–Crippen MR) is 120 cm³/mol. The van der Waals surface area contributed by atoms with Crippen LogP contribution in [0.5, 0.6) is 0 Å². The first-order chi connectivity index (χ1) is 14.7. The Morgan fingerprint density at radius 2 is 1.70 bits per heavy atom. The molecule has 0 atom stereocenters. The molecule has 5 aromatic rings. The van der Waals surface area contributed by atoms with Gasteiger partial charge in [-0.3, -0.25) is 0 Å². The van der Waals surface area contributed by atoms with E-state index in [0.29, 0.717) is 5.52 Å². The Balaban J connectivity index is 1.33. The van der Waals surface area contributed by atoms with Crippen LogP contribution in [-0.4, -0.2) is 11.5 Å². The Bertz CT molecular complexity index is 1420. The molecule has 2 nitrogen and oxygen atoms in total. The zero-order valence-electron chi connectivity index (χ0n) is 16.1. The van der Waals surface area contributed by atoms with Crippen molar-refractivity contribution in [1.29, 1.82) is 0 Å². The van der Waals surface area contributed by atoms with Crippen LogP contribution in [0.2, 0.25) is 0 Å². The van der Waals surface area contributed by atoms with Gasteiger partial charge in [-0.15, -0.1) is 11.3 Å². The van der Waals surface area contributed by atoms with Gasteiger partial charge in [0.25, 0.3) is 0 Å². The lowest BCUT2D eigenvalue weighted by atomic mass is 9.94. The second-order valence-corrected chi connectivity index (χ2v) is 8.76. The van der Waals surface area contributed by atoms with E-state index in [0.717, 1.165) is 30.6 Å².